The van der Waals surface area contributed by atoms with Gasteiger partial charge in [-0.15, -0.1) is 0 Å². The van der Waals surface area contributed by atoms with Crippen LogP contribution in [0.25, 0.3) is 11.2 Å². The Morgan fingerprint density at radius 3 is 2.66 bits per heavy atom. The first-order valence-corrected chi connectivity index (χ1v) is 9.36. The van der Waals surface area contributed by atoms with Gasteiger partial charge in [0, 0.05) is 32.9 Å². The number of hydrogen-bond acceptors (Lipinski definition) is 7. The number of benzene rings is 1. The van der Waals surface area contributed by atoms with Gasteiger partial charge < -0.3 is 25.5 Å². The number of nitrogens with zero attached hydrogens (tertiary/aromatic N) is 4. The van der Waals surface area contributed by atoms with E-state index in [2.05, 4.69) is 10.3 Å². The van der Waals surface area contributed by atoms with Crippen LogP contribution in [-0.4, -0.2) is 49.6 Å². The van der Waals surface area contributed by atoms with E-state index in [-0.39, 0.29) is 12.2 Å². The lowest BCUT2D eigenvalue weighted by atomic mass is 10.3. The summed E-state index contributed by atoms with van der Waals surface area (Å²) in [6, 6.07) is 6.99. The molecule has 0 saturated carbocycles. The van der Waals surface area contributed by atoms with Gasteiger partial charge in [0.25, 0.3) is 5.56 Å². The minimum atomic E-state index is -0.650. The fraction of sp³-hybridized carbons (Fsp3) is 0.421. The molecule has 156 valence electrons. The van der Waals surface area contributed by atoms with Gasteiger partial charge in [-0.2, -0.15) is 0 Å². The second-order valence-corrected chi connectivity index (χ2v) is 6.91. The van der Waals surface area contributed by atoms with Crippen molar-refractivity contribution in [2.45, 2.75) is 19.1 Å². The molecule has 2 aromatic heterocycles. The van der Waals surface area contributed by atoms with Crippen molar-refractivity contribution in [2.75, 3.05) is 25.4 Å². The van der Waals surface area contributed by atoms with Gasteiger partial charge in [0.05, 0.1) is 6.33 Å². The molecule has 0 radical (unpaired) electrons. The van der Waals surface area contributed by atoms with Crippen LogP contribution in [0.2, 0.25) is 0 Å². The summed E-state index contributed by atoms with van der Waals surface area (Å²) in [6.07, 6.45) is 1.65. The zero-order valence-electron chi connectivity index (χ0n) is 16.5. The quantitative estimate of drug-likeness (QED) is 0.323. The molecule has 0 saturated heterocycles. The smallest absolute Gasteiger partial charge is 0.332 e. The zero-order valence-corrected chi connectivity index (χ0v) is 16.5. The summed E-state index contributed by atoms with van der Waals surface area (Å²) in [4.78, 5) is 28.5. The van der Waals surface area contributed by atoms with Crippen molar-refractivity contribution < 1.29 is 9.84 Å². The highest BCUT2D eigenvalue weighted by Crippen LogP contribution is 2.13. The topological polar surface area (TPSA) is 129 Å². The van der Waals surface area contributed by atoms with E-state index in [9.17, 15) is 14.7 Å². The Labute approximate surface area is 167 Å². The Hall–Kier alpha value is -3.11. The number of nitrogen functional groups attached to an aromatic ring is 1. The predicted molar refractivity (Wildman–Crippen MR) is 110 cm³/mol. The second-order valence-electron chi connectivity index (χ2n) is 6.91. The third kappa shape index (κ3) is 4.66. The molecule has 1 unspecified atom stereocenters. The minimum Gasteiger partial charge on any atom is -0.491 e. The van der Waals surface area contributed by atoms with Crippen molar-refractivity contribution in [1.82, 2.24) is 24.0 Å². The van der Waals surface area contributed by atoms with E-state index >= 15 is 0 Å². The third-order valence-electron chi connectivity index (χ3n) is 4.67. The highest BCUT2D eigenvalue weighted by Gasteiger charge is 2.14. The lowest BCUT2D eigenvalue weighted by Crippen LogP contribution is -2.37. The second kappa shape index (κ2) is 8.93. The van der Waals surface area contributed by atoms with Gasteiger partial charge in [-0.1, -0.05) is 0 Å². The average molecular weight is 402 g/mol. The normalized spacial score (nSPS) is 12.4. The Morgan fingerprint density at radius 1 is 1.21 bits per heavy atom. The van der Waals surface area contributed by atoms with E-state index in [1.807, 2.05) is 0 Å². The highest BCUT2D eigenvalue weighted by molar-refractivity contribution is 5.69. The SMILES string of the molecule is Cn1c(=O)c2c(ncn2CCCNCC(O)COc2ccc(N)cc2)n(C)c1=O. The first-order valence-electron chi connectivity index (χ1n) is 9.36. The molecule has 0 amide bonds. The Balaban J connectivity index is 1.45. The predicted octanol–water partition coefficient (Wildman–Crippen LogP) is -0.564. The van der Waals surface area contributed by atoms with Crippen LogP contribution in [0.3, 0.4) is 0 Å². The maximum absolute atomic E-state index is 12.4. The third-order valence-corrected chi connectivity index (χ3v) is 4.67. The van der Waals surface area contributed by atoms with Crippen molar-refractivity contribution in [2.24, 2.45) is 14.1 Å². The lowest BCUT2D eigenvalue weighted by Gasteiger charge is -2.13. The van der Waals surface area contributed by atoms with E-state index < -0.39 is 11.8 Å². The number of nitrogens with two attached hydrogens (primary N) is 1. The lowest BCUT2D eigenvalue weighted by molar-refractivity contribution is 0.106. The minimum absolute atomic E-state index is 0.174. The number of fused-ring (bicyclic) bond motifs is 1. The number of ether oxygens (including phenoxy) is 1. The monoisotopic (exact) mass is 402 g/mol. The van der Waals surface area contributed by atoms with Gasteiger partial charge in [-0.3, -0.25) is 13.9 Å². The molecule has 0 aliphatic carbocycles. The first-order chi connectivity index (χ1) is 13.9. The number of aliphatic hydroxyl groups is 1. The van der Waals surface area contributed by atoms with Crippen LogP contribution in [0, 0.1) is 0 Å². The molecule has 0 fully saturated rings. The van der Waals surface area contributed by atoms with Gasteiger partial charge in [0.15, 0.2) is 11.2 Å². The average Bonchev–Trinajstić information content (AvgIpc) is 3.14. The van der Waals surface area contributed by atoms with Gasteiger partial charge in [-0.25, -0.2) is 9.78 Å². The van der Waals surface area contributed by atoms with Crippen molar-refractivity contribution in [1.29, 1.82) is 0 Å². The maximum Gasteiger partial charge on any atom is 0.332 e. The molecule has 4 N–H and O–H groups in total. The molecule has 10 heteroatoms. The number of nitrogens with one attached hydrogen (secondary N) is 1. The van der Waals surface area contributed by atoms with Crippen LogP contribution in [0.15, 0.2) is 40.2 Å². The van der Waals surface area contributed by atoms with Crippen molar-refractivity contribution in [3.05, 3.63) is 51.4 Å². The molecule has 2 heterocycles. The Bertz CT molecular complexity index is 1080. The summed E-state index contributed by atoms with van der Waals surface area (Å²) in [5, 5.41) is 13.2. The summed E-state index contributed by atoms with van der Waals surface area (Å²) in [6.45, 7) is 1.77. The van der Waals surface area contributed by atoms with Gasteiger partial charge in [0.1, 0.15) is 18.5 Å². The van der Waals surface area contributed by atoms with Crippen molar-refractivity contribution >= 4 is 16.9 Å². The summed E-state index contributed by atoms with van der Waals surface area (Å²) in [7, 11) is 3.05. The van der Waals surface area contributed by atoms with Crippen LogP contribution >= 0.6 is 0 Å². The molecule has 0 aliphatic rings. The van der Waals surface area contributed by atoms with E-state index in [0.29, 0.717) is 42.2 Å². The van der Waals surface area contributed by atoms with Crippen LogP contribution in [-0.2, 0) is 20.6 Å². The molecule has 0 spiro atoms. The standard InChI is InChI=1S/C19H26N6O4/c1-23-17-16(18(27)24(2)19(23)28)25(12-22-17)9-3-8-21-10-14(26)11-29-15-6-4-13(20)5-7-15/h4-7,12,14,21,26H,3,8-11,20H2,1-2H3. The van der Waals surface area contributed by atoms with E-state index in [1.165, 1.54) is 11.6 Å². The van der Waals surface area contributed by atoms with E-state index in [4.69, 9.17) is 10.5 Å². The summed E-state index contributed by atoms with van der Waals surface area (Å²) >= 11 is 0. The maximum atomic E-state index is 12.4. The number of aliphatic hydroxyl groups excluding tert-OH is 1. The van der Waals surface area contributed by atoms with Gasteiger partial charge >= 0.3 is 5.69 Å². The number of rotatable bonds is 9. The van der Waals surface area contributed by atoms with Crippen molar-refractivity contribution in [3.63, 3.8) is 0 Å². The summed E-state index contributed by atoms with van der Waals surface area (Å²) in [5.41, 5.74) is 6.30. The molecule has 1 atom stereocenters. The van der Waals surface area contributed by atoms with Crippen molar-refractivity contribution in [3.8, 4) is 5.75 Å². The fourth-order valence-corrected chi connectivity index (χ4v) is 3.02. The van der Waals surface area contributed by atoms with Crippen LogP contribution in [0.5, 0.6) is 5.75 Å². The Kier molecular flexibility index (Phi) is 6.35. The van der Waals surface area contributed by atoms with Crippen LogP contribution in [0.4, 0.5) is 5.69 Å². The Morgan fingerprint density at radius 2 is 1.93 bits per heavy atom. The molecule has 1 aromatic carbocycles. The number of imidazole rings is 1. The van der Waals surface area contributed by atoms with Crippen LogP contribution < -0.4 is 27.0 Å². The molecule has 10 nitrogen and oxygen atoms in total. The molecular weight excluding hydrogens is 376 g/mol. The van der Waals surface area contributed by atoms with E-state index in [0.717, 1.165) is 11.0 Å². The number of aryl methyl sites for hydroxylation is 2. The summed E-state index contributed by atoms with van der Waals surface area (Å²) in [5.74, 6) is 0.654. The summed E-state index contributed by atoms with van der Waals surface area (Å²) < 4.78 is 9.70. The number of hydrogen-bond donors (Lipinski definition) is 3. The van der Waals surface area contributed by atoms with Gasteiger partial charge in [-0.05, 0) is 37.2 Å². The molecule has 3 rings (SSSR count). The largest absolute Gasteiger partial charge is 0.491 e. The van der Waals surface area contributed by atoms with Crippen LogP contribution in [0.1, 0.15) is 6.42 Å². The highest BCUT2D eigenvalue weighted by atomic mass is 16.5. The molecule has 29 heavy (non-hydrogen) atoms. The van der Waals surface area contributed by atoms with E-state index in [1.54, 1.807) is 42.2 Å². The molecular formula is C19H26N6O4. The number of aromatic nitrogens is 4. The number of anilines is 1. The molecule has 3 aromatic rings. The zero-order chi connectivity index (χ0) is 21.0. The first kappa shape index (κ1) is 20.6. The molecule has 0 bridgehead atoms. The fourth-order valence-electron chi connectivity index (χ4n) is 3.02. The van der Waals surface area contributed by atoms with Gasteiger partial charge in [0.2, 0.25) is 0 Å². The molecule has 0 aliphatic heterocycles.